The van der Waals surface area contributed by atoms with Crippen molar-refractivity contribution in [3.63, 3.8) is 0 Å². The lowest BCUT2D eigenvalue weighted by molar-refractivity contribution is 0.0697. The molecule has 96 valence electrons. The summed E-state index contributed by atoms with van der Waals surface area (Å²) < 4.78 is 0. The molecular weight excluding hydrogens is 228 g/mol. The Morgan fingerprint density at radius 1 is 1.44 bits per heavy atom. The summed E-state index contributed by atoms with van der Waals surface area (Å²) in [6, 6.07) is 3.13. The second kappa shape index (κ2) is 4.59. The minimum absolute atomic E-state index is 0.292. The van der Waals surface area contributed by atoms with Crippen LogP contribution in [-0.4, -0.2) is 22.6 Å². The third-order valence-electron chi connectivity index (χ3n) is 4.44. The van der Waals surface area contributed by atoms with E-state index in [9.17, 15) is 4.79 Å². The summed E-state index contributed by atoms with van der Waals surface area (Å²) >= 11 is 0. The summed E-state index contributed by atoms with van der Waals surface area (Å²) in [5, 5.41) is 12.2. The first-order chi connectivity index (χ1) is 8.72. The van der Waals surface area contributed by atoms with Crippen LogP contribution in [0.5, 0.6) is 0 Å². The molecule has 2 N–H and O–H groups in total. The Labute approximate surface area is 106 Å². The number of fused-ring (bicyclic) bond motifs is 2. The number of aromatic carboxylic acids is 1. The smallest absolute Gasteiger partial charge is 0.335 e. The second-order valence-corrected chi connectivity index (χ2v) is 5.55. The number of anilines is 1. The van der Waals surface area contributed by atoms with Crippen molar-refractivity contribution in [2.75, 3.05) is 11.9 Å². The van der Waals surface area contributed by atoms with Gasteiger partial charge >= 0.3 is 5.97 Å². The van der Waals surface area contributed by atoms with E-state index in [-0.39, 0.29) is 0 Å². The maximum absolute atomic E-state index is 10.9. The highest BCUT2D eigenvalue weighted by Gasteiger charge is 2.39. The van der Waals surface area contributed by atoms with E-state index in [0.29, 0.717) is 11.4 Å². The quantitative estimate of drug-likeness (QED) is 0.857. The molecule has 0 amide bonds. The van der Waals surface area contributed by atoms with Gasteiger partial charge in [-0.25, -0.2) is 9.78 Å². The Hall–Kier alpha value is -1.58. The third-order valence-corrected chi connectivity index (χ3v) is 4.44. The molecule has 3 rings (SSSR count). The van der Waals surface area contributed by atoms with E-state index in [2.05, 4.69) is 10.3 Å². The van der Waals surface area contributed by atoms with Crippen molar-refractivity contribution in [2.45, 2.75) is 25.7 Å². The third kappa shape index (κ3) is 2.19. The summed E-state index contributed by atoms with van der Waals surface area (Å²) in [5.41, 5.74) is 0.292. The van der Waals surface area contributed by atoms with Crippen LogP contribution in [0.4, 0.5) is 5.82 Å². The first kappa shape index (κ1) is 11.5. The van der Waals surface area contributed by atoms with Crippen molar-refractivity contribution in [2.24, 2.45) is 17.8 Å². The maximum Gasteiger partial charge on any atom is 0.335 e. The van der Waals surface area contributed by atoms with Crippen LogP contribution < -0.4 is 5.32 Å². The first-order valence-corrected chi connectivity index (χ1v) is 6.65. The predicted molar refractivity (Wildman–Crippen MR) is 68.6 cm³/mol. The average Bonchev–Trinajstić information content (AvgIpc) is 2.99. The van der Waals surface area contributed by atoms with Gasteiger partial charge in [0.15, 0.2) is 0 Å². The number of nitrogens with zero attached hydrogens (tertiary/aromatic N) is 1. The monoisotopic (exact) mass is 246 g/mol. The number of carboxylic acid groups (broad SMARTS) is 1. The molecule has 2 aliphatic rings. The van der Waals surface area contributed by atoms with Crippen molar-refractivity contribution >= 4 is 11.8 Å². The van der Waals surface area contributed by atoms with Crippen LogP contribution in [0.25, 0.3) is 0 Å². The highest BCUT2D eigenvalue weighted by atomic mass is 16.4. The lowest BCUT2D eigenvalue weighted by Crippen LogP contribution is -2.20. The van der Waals surface area contributed by atoms with Gasteiger partial charge in [0.05, 0.1) is 5.56 Å². The SMILES string of the molecule is O=C(O)c1ccnc(NCC2CC3CCC2C3)c1. The second-order valence-electron chi connectivity index (χ2n) is 5.55. The van der Waals surface area contributed by atoms with Gasteiger partial charge < -0.3 is 10.4 Å². The van der Waals surface area contributed by atoms with E-state index in [1.165, 1.54) is 31.7 Å². The molecule has 0 aliphatic heterocycles. The molecule has 18 heavy (non-hydrogen) atoms. The van der Waals surface area contributed by atoms with Crippen molar-refractivity contribution in [3.05, 3.63) is 23.9 Å². The van der Waals surface area contributed by atoms with Crippen molar-refractivity contribution in [3.8, 4) is 0 Å². The Balaban J connectivity index is 1.60. The molecule has 0 spiro atoms. The minimum atomic E-state index is -0.902. The van der Waals surface area contributed by atoms with Crippen LogP contribution in [0.2, 0.25) is 0 Å². The molecule has 2 bridgehead atoms. The lowest BCUT2D eigenvalue weighted by atomic mass is 9.89. The molecule has 1 aromatic rings. The zero-order valence-electron chi connectivity index (χ0n) is 10.3. The van der Waals surface area contributed by atoms with Crippen molar-refractivity contribution in [1.29, 1.82) is 0 Å². The predicted octanol–water partition coefficient (Wildman–Crippen LogP) is 2.63. The van der Waals surface area contributed by atoms with Gasteiger partial charge in [-0.05, 0) is 49.1 Å². The number of carbonyl (C=O) groups is 1. The van der Waals surface area contributed by atoms with Crippen molar-refractivity contribution in [1.82, 2.24) is 4.98 Å². The first-order valence-electron chi connectivity index (χ1n) is 6.65. The van der Waals surface area contributed by atoms with E-state index in [1.807, 2.05) is 0 Å². The molecule has 4 nitrogen and oxygen atoms in total. The van der Waals surface area contributed by atoms with Crippen LogP contribution in [-0.2, 0) is 0 Å². The highest BCUT2D eigenvalue weighted by molar-refractivity contribution is 5.88. The number of pyridine rings is 1. The normalized spacial score (nSPS) is 29.4. The van der Waals surface area contributed by atoms with Gasteiger partial charge in [0.25, 0.3) is 0 Å². The number of nitrogens with one attached hydrogen (secondary N) is 1. The Morgan fingerprint density at radius 2 is 2.33 bits per heavy atom. The average molecular weight is 246 g/mol. The van der Waals surface area contributed by atoms with Gasteiger partial charge in [0, 0.05) is 12.7 Å². The molecule has 1 heterocycles. The molecule has 2 aliphatic carbocycles. The number of hydrogen-bond acceptors (Lipinski definition) is 3. The van der Waals surface area contributed by atoms with Crippen LogP contribution in [0.3, 0.4) is 0 Å². The van der Waals surface area contributed by atoms with E-state index >= 15 is 0 Å². The lowest BCUT2D eigenvalue weighted by Gasteiger charge is -2.22. The molecular formula is C14H18N2O2. The van der Waals surface area contributed by atoms with Crippen LogP contribution in [0, 0.1) is 17.8 Å². The van der Waals surface area contributed by atoms with Gasteiger partial charge in [-0.2, -0.15) is 0 Å². The standard InChI is InChI=1S/C14H18N2O2/c17-14(18)11-3-4-15-13(7-11)16-8-12-6-9-1-2-10(12)5-9/h3-4,7,9-10,12H,1-2,5-6,8H2,(H,15,16)(H,17,18). The number of aromatic nitrogens is 1. The van der Waals surface area contributed by atoms with E-state index in [1.54, 1.807) is 12.3 Å². The molecule has 0 radical (unpaired) electrons. The summed E-state index contributed by atoms with van der Waals surface area (Å²) in [5.74, 6) is 2.35. The summed E-state index contributed by atoms with van der Waals surface area (Å²) in [6.07, 6.45) is 7.06. The Kier molecular flexibility index (Phi) is 2.94. The molecule has 2 saturated carbocycles. The van der Waals surface area contributed by atoms with Crippen LogP contribution in [0.1, 0.15) is 36.0 Å². The van der Waals surface area contributed by atoms with E-state index in [4.69, 9.17) is 5.11 Å². The van der Waals surface area contributed by atoms with E-state index in [0.717, 1.165) is 24.3 Å². The molecule has 1 aromatic heterocycles. The van der Waals surface area contributed by atoms with Gasteiger partial charge in [-0.15, -0.1) is 0 Å². The molecule has 3 unspecified atom stereocenters. The number of carboxylic acids is 1. The summed E-state index contributed by atoms with van der Waals surface area (Å²) in [4.78, 5) is 15.0. The van der Waals surface area contributed by atoms with E-state index < -0.39 is 5.97 Å². The topological polar surface area (TPSA) is 62.2 Å². The van der Waals surface area contributed by atoms with Gasteiger partial charge in [0.1, 0.15) is 5.82 Å². The molecule has 0 saturated heterocycles. The number of rotatable bonds is 4. The van der Waals surface area contributed by atoms with Crippen LogP contribution in [0.15, 0.2) is 18.3 Å². The summed E-state index contributed by atoms with van der Waals surface area (Å²) in [7, 11) is 0. The van der Waals surface area contributed by atoms with Crippen molar-refractivity contribution < 1.29 is 9.90 Å². The fraction of sp³-hybridized carbons (Fsp3) is 0.571. The Bertz CT molecular complexity index is 461. The zero-order chi connectivity index (χ0) is 12.5. The van der Waals surface area contributed by atoms with Gasteiger partial charge in [-0.1, -0.05) is 6.42 Å². The van der Waals surface area contributed by atoms with Crippen LogP contribution >= 0.6 is 0 Å². The molecule has 4 heteroatoms. The Morgan fingerprint density at radius 3 is 3.00 bits per heavy atom. The minimum Gasteiger partial charge on any atom is -0.478 e. The summed E-state index contributed by atoms with van der Waals surface area (Å²) in [6.45, 7) is 0.928. The molecule has 2 fully saturated rings. The highest BCUT2D eigenvalue weighted by Crippen LogP contribution is 2.48. The molecule has 3 atom stereocenters. The fourth-order valence-corrected chi connectivity index (χ4v) is 3.52. The van der Waals surface area contributed by atoms with Gasteiger partial charge in [0.2, 0.25) is 0 Å². The maximum atomic E-state index is 10.9. The van der Waals surface area contributed by atoms with Gasteiger partial charge in [-0.3, -0.25) is 0 Å². The number of hydrogen-bond donors (Lipinski definition) is 2. The fourth-order valence-electron chi connectivity index (χ4n) is 3.52. The zero-order valence-corrected chi connectivity index (χ0v) is 10.3. The largest absolute Gasteiger partial charge is 0.478 e. The molecule has 0 aromatic carbocycles.